The standard InChI is InChI=1S/C16H26ClN3O2/c1-3-20(4-2)9-11-22-10-8-18-16(21)19-13-14-6-5-7-15(17)12-14/h5-7,12H,3-4,8-11,13H2,1-2H3,(H2,18,19,21). The van der Waals surface area contributed by atoms with Gasteiger partial charge < -0.3 is 20.3 Å². The summed E-state index contributed by atoms with van der Waals surface area (Å²) in [7, 11) is 0. The zero-order valence-corrected chi connectivity index (χ0v) is 14.2. The van der Waals surface area contributed by atoms with Gasteiger partial charge >= 0.3 is 6.03 Å². The molecule has 0 aromatic heterocycles. The van der Waals surface area contributed by atoms with E-state index in [1.807, 2.05) is 18.2 Å². The second-order valence-corrected chi connectivity index (χ2v) is 5.32. The van der Waals surface area contributed by atoms with Crippen molar-refractivity contribution in [2.45, 2.75) is 20.4 Å². The quantitative estimate of drug-likeness (QED) is 0.649. The number of ether oxygens (including phenoxy) is 1. The van der Waals surface area contributed by atoms with E-state index in [-0.39, 0.29) is 6.03 Å². The van der Waals surface area contributed by atoms with Gasteiger partial charge in [0.25, 0.3) is 0 Å². The Morgan fingerprint density at radius 2 is 2.00 bits per heavy atom. The van der Waals surface area contributed by atoms with Crippen LogP contribution in [-0.2, 0) is 11.3 Å². The SMILES string of the molecule is CCN(CC)CCOCCNC(=O)NCc1cccc(Cl)c1. The Morgan fingerprint density at radius 1 is 1.23 bits per heavy atom. The predicted molar refractivity (Wildman–Crippen MR) is 90.3 cm³/mol. The third kappa shape index (κ3) is 8.22. The molecule has 0 radical (unpaired) electrons. The first-order valence-electron chi connectivity index (χ1n) is 7.72. The van der Waals surface area contributed by atoms with Crippen molar-refractivity contribution in [3.63, 3.8) is 0 Å². The summed E-state index contributed by atoms with van der Waals surface area (Å²) < 4.78 is 5.50. The summed E-state index contributed by atoms with van der Waals surface area (Å²) in [5, 5.41) is 6.21. The number of carbonyl (C=O) groups is 1. The molecule has 1 aromatic rings. The lowest BCUT2D eigenvalue weighted by molar-refractivity contribution is 0.109. The molecule has 0 aliphatic rings. The first kappa shape index (κ1) is 18.7. The lowest BCUT2D eigenvalue weighted by Gasteiger charge is -2.17. The molecule has 0 aliphatic heterocycles. The summed E-state index contributed by atoms with van der Waals surface area (Å²) in [4.78, 5) is 13.9. The number of rotatable bonds is 10. The Balaban J connectivity index is 2.04. The van der Waals surface area contributed by atoms with Crippen molar-refractivity contribution < 1.29 is 9.53 Å². The average Bonchev–Trinajstić information content (AvgIpc) is 2.52. The number of carbonyl (C=O) groups excluding carboxylic acids is 1. The molecule has 6 heteroatoms. The molecule has 2 amide bonds. The van der Waals surface area contributed by atoms with Crippen molar-refractivity contribution in [3.8, 4) is 0 Å². The summed E-state index contributed by atoms with van der Waals surface area (Å²) in [6, 6.07) is 7.22. The number of amides is 2. The summed E-state index contributed by atoms with van der Waals surface area (Å²) in [6.07, 6.45) is 0. The molecule has 124 valence electrons. The number of hydrogen-bond acceptors (Lipinski definition) is 3. The van der Waals surface area contributed by atoms with E-state index in [4.69, 9.17) is 16.3 Å². The third-order valence-corrected chi connectivity index (χ3v) is 3.56. The Labute approximate surface area is 138 Å². The van der Waals surface area contributed by atoms with Crippen LogP contribution in [0, 0.1) is 0 Å². The number of benzene rings is 1. The molecule has 5 nitrogen and oxygen atoms in total. The van der Waals surface area contributed by atoms with Crippen molar-refractivity contribution in [3.05, 3.63) is 34.9 Å². The summed E-state index contributed by atoms with van der Waals surface area (Å²) >= 11 is 5.89. The second kappa shape index (κ2) is 11.3. The largest absolute Gasteiger partial charge is 0.378 e. The molecule has 0 aliphatic carbocycles. The number of nitrogens with zero attached hydrogens (tertiary/aromatic N) is 1. The maximum Gasteiger partial charge on any atom is 0.315 e. The van der Waals surface area contributed by atoms with Gasteiger partial charge in [0.05, 0.1) is 13.2 Å². The van der Waals surface area contributed by atoms with Crippen molar-refractivity contribution in [1.82, 2.24) is 15.5 Å². The van der Waals surface area contributed by atoms with Crippen molar-refractivity contribution in [2.24, 2.45) is 0 Å². The number of hydrogen-bond donors (Lipinski definition) is 2. The zero-order valence-electron chi connectivity index (χ0n) is 13.4. The van der Waals surface area contributed by atoms with E-state index >= 15 is 0 Å². The van der Waals surface area contributed by atoms with E-state index in [1.54, 1.807) is 6.07 Å². The lowest BCUT2D eigenvalue weighted by Crippen LogP contribution is -2.37. The van der Waals surface area contributed by atoms with E-state index in [0.29, 0.717) is 31.3 Å². The molecule has 0 fully saturated rings. The van der Waals surface area contributed by atoms with Crippen LogP contribution in [0.4, 0.5) is 4.79 Å². The zero-order chi connectivity index (χ0) is 16.2. The van der Waals surface area contributed by atoms with Crippen LogP contribution in [0.5, 0.6) is 0 Å². The topological polar surface area (TPSA) is 53.6 Å². The molecule has 0 heterocycles. The van der Waals surface area contributed by atoms with Crippen LogP contribution in [0.25, 0.3) is 0 Å². The monoisotopic (exact) mass is 327 g/mol. The van der Waals surface area contributed by atoms with Gasteiger partial charge in [0.15, 0.2) is 0 Å². The van der Waals surface area contributed by atoms with Gasteiger partial charge in [-0.1, -0.05) is 37.6 Å². The van der Waals surface area contributed by atoms with Crippen molar-refractivity contribution in [2.75, 3.05) is 39.4 Å². The second-order valence-electron chi connectivity index (χ2n) is 4.88. The van der Waals surface area contributed by atoms with Crippen molar-refractivity contribution >= 4 is 17.6 Å². The Hall–Kier alpha value is -1.30. The summed E-state index contributed by atoms with van der Waals surface area (Å²) in [5.74, 6) is 0. The Morgan fingerprint density at radius 3 is 2.68 bits per heavy atom. The van der Waals surface area contributed by atoms with E-state index in [9.17, 15) is 4.79 Å². The van der Waals surface area contributed by atoms with E-state index in [0.717, 1.165) is 25.2 Å². The first-order valence-corrected chi connectivity index (χ1v) is 8.09. The molecule has 1 rings (SSSR count). The fourth-order valence-electron chi connectivity index (χ4n) is 1.96. The van der Waals surface area contributed by atoms with Crippen LogP contribution in [0.3, 0.4) is 0 Å². The molecule has 0 spiro atoms. The number of halogens is 1. The Bertz CT molecular complexity index is 439. The highest BCUT2D eigenvalue weighted by Gasteiger charge is 2.01. The van der Waals surface area contributed by atoms with E-state index < -0.39 is 0 Å². The fraction of sp³-hybridized carbons (Fsp3) is 0.562. The summed E-state index contributed by atoms with van der Waals surface area (Å²) in [5.41, 5.74) is 0.970. The molecule has 0 saturated carbocycles. The van der Waals surface area contributed by atoms with Crippen LogP contribution in [-0.4, -0.2) is 50.3 Å². The first-order chi connectivity index (χ1) is 10.7. The highest BCUT2D eigenvalue weighted by molar-refractivity contribution is 6.30. The highest BCUT2D eigenvalue weighted by Crippen LogP contribution is 2.09. The minimum absolute atomic E-state index is 0.202. The molecule has 22 heavy (non-hydrogen) atoms. The maximum atomic E-state index is 11.6. The number of likely N-dealkylation sites (N-methyl/N-ethyl adjacent to an activating group) is 1. The van der Waals surface area contributed by atoms with Gasteiger partial charge in [0.1, 0.15) is 0 Å². The normalized spacial score (nSPS) is 10.7. The van der Waals surface area contributed by atoms with Crippen LogP contribution < -0.4 is 10.6 Å². The van der Waals surface area contributed by atoms with Gasteiger partial charge in [-0.2, -0.15) is 0 Å². The van der Waals surface area contributed by atoms with Gasteiger partial charge in [-0.15, -0.1) is 0 Å². The maximum absolute atomic E-state index is 11.6. The van der Waals surface area contributed by atoms with Gasteiger partial charge in [0.2, 0.25) is 0 Å². The number of urea groups is 1. The van der Waals surface area contributed by atoms with E-state index in [1.165, 1.54) is 0 Å². The molecule has 1 aromatic carbocycles. The van der Waals surface area contributed by atoms with E-state index in [2.05, 4.69) is 29.4 Å². The predicted octanol–water partition coefficient (Wildman–Crippen LogP) is 2.50. The van der Waals surface area contributed by atoms with Crippen LogP contribution in [0.2, 0.25) is 5.02 Å². The van der Waals surface area contributed by atoms with Gasteiger partial charge in [-0.05, 0) is 30.8 Å². The fourth-order valence-corrected chi connectivity index (χ4v) is 2.18. The Kier molecular flexibility index (Phi) is 9.62. The minimum atomic E-state index is -0.202. The molecule has 0 bridgehead atoms. The van der Waals surface area contributed by atoms with Gasteiger partial charge in [-0.25, -0.2) is 4.79 Å². The molecular weight excluding hydrogens is 302 g/mol. The number of nitrogens with one attached hydrogen (secondary N) is 2. The van der Waals surface area contributed by atoms with Crippen molar-refractivity contribution in [1.29, 1.82) is 0 Å². The van der Waals surface area contributed by atoms with Gasteiger partial charge in [0, 0.05) is 24.7 Å². The van der Waals surface area contributed by atoms with Gasteiger partial charge in [-0.3, -0.25) is 0 Å². The smallest absolute Gasteiger partial charge is 0.315 e. The summed E-state index contributed by atoms with van der Waals surface area (Å²) in [6.45, 7) is 9.42. The third-order valence-electron chi connectivity index (χ3n) is 3.32. The molecule has 2 N–H and O–H groups in total. The van der Waals surface area contributed by atoms with Crippen LogP contribution in [0.1, 0.15) is 19.4 Å². The molecular formula is C16H26ClN3O2. The minimum Gasteiger partial charge on any atom is -0.378 e. The lowest BCUT2D eigenvalue weighted by atomic mass is 10.2. The molecule has 0 saturated heterocycles. The van der Waals surface area contributed by atoms with Crippen LogP contribution >= 0.6 is 11.6 Å². The molecule has 0 unspecified atom stereocenters. The highest BCUT2D eigenvalue weighted by atomic mass is 35.5. The van der Waals surface area contributed by atoms with Crippen LogP contribution in [0.15, 0.2) is 24.3 Å². The average molecular weight is 328 g/mol. The molecule has 0 atom stereocenters.